The third kappa shape index (κ3) is 5.75. The van der Waals surface area contributed by atoms with E-state index in [9.17, 15) is 4.79 Å². The number of benzene rings is 2. The minimum absolute atomic E-state index is 0.170. The summed E-state index contributed by atoms with van der Waals surface area (Å²) >= 11 is 0. The van der Waals surface area contributed by atoms with Gasteiger partial charge in [0.15, 0.2) is 0 Å². The van der Waals surface area contributed by atoms with Crippen molar-refractivity contribution in [2.24, 2.45) is 11.7 Å². The van der Waals surface area contributed by atoms with Crippen molar-refractivity contribution in [3.63, 3.8) is 0 Å². The molecule has 23 heavy (non-hydrogen) atoms. The first kappa shape index (κ1) is 17.0. The molecule has 2 aromatic rings. The van der Waals surface area contributed by atoms with E-state index in [1.54, 1.807) is 0 Å². The molecule has 0 aliphatic rings. The van der Waals surface area contributed by atoms with Crippen LogP contribution in [0.3, 0.4) is 0 Å². The molecule has 0 fully saturated rings. The van der Waals surface area contributed by atoms with Gasteiger partial charge in [-0.25, -0.2) is 0 Å². The zero-order valence-corrected chi connectivity index (χ0v) is 13.2. The minimum atomic E-state index is -0.835. The molecule has 122 valence electrons. The number of aliphatic carboxylic acids is 1. The standard InChI is InChI=1S/C19H23NO3/c20-14-17(19(21)22)7-4-12-23-18-10-8-16(9-11-18)13-15-5-2-1-3-6-15/h1-3,5-6,8-11,17H,4,7,12-14,20H2,(H,21,22). The van der Waals surface area contributed by atoms with Crippen molar-refractivity contribution in [3.8, 4) is 5.75 Å². The number of rotatable bonds is 9. The summed E-state index contributed by atoms with van der Waals surface area (Å²) in [5.74, 6) is -0.508. The highest BCUT2D eigenvalue weighted by molar-refractivity contribution is 5.70. The molecule has 2 aromatic carbocycles. The number of ether oxygens (including phenoxy) is 1. The second-order valence-electron chi connectivity index (χ2n) is 5.57. The average Bonchev–Trinajstić information content (AvgIpc) is 2.57. The predicted molar refractivity (Wildman–Crippen MR) is 90.6 cm³/mol. The summed E-state index contributed by atoms with van der Waals surface area (Å²) in [5.41, 5.74) is 7.94. The predicted octanol–water partition coefficient (Wildman–Crippen LogP) is 3.10. The summed E-state index contributed by atoms with van der Waals surface area (Å²) in [6.07, 6.45) is 2.12. The van der Waals surface area contributed by atoms with Gasteiger partial charge in [0, 0.05) is 6.54 Å². The Morgan fingerprint density at radius 1 is 1.04 bits per heavy atom. The molecule has 0 aromatic heterocycles. The summed E-state index contributed by atoms with van der Waals surface area (Å²) in [4.78, 5) is 10.9. The van der Waals surface area contributed by atoms with Gasteiger partial charge in [0.05, 0.1) is 12.5 Å². The Bertz CT molecular complexity index is 596. The highest BCUT2D eigenvalue weighted by Crippen LogP contribution is 2.16. The number of carboxylic acid groups (broad SMARTS) is 1. The molecule has 1 unspecified atom stereocenters. The zero-order valence-electron chi connectivity index (χ0n) is 13.2. The molecule has 0 saturated carbocycles. The smallest absolute Gasteiger partial charge is 0.307 e. The molecular formula is C19H23NO3. The van der Waals surface area contributed by atoms with Crippen LogP contribution in [0.1, 0.15) is 24.0 Å². The van der Waals surface area contributed by atoms with E-state index in [1.807, 2.05) is 30.3 Å². The summed E-state index contributed by atoms with van der Waals surface area (Å²) in [7, 11) is 0. The third-order valence-electron chi connectivity index (χ3n) is 3.77. The van der Waals surface area contributed by atoms with Crippen molar-refractivity contribution in [3.05, 3.63) is 65.7 Å². The van der Waals surface area contributed by atoms with Gasteiger partial charge in [-0.2, -0.15) is 0 Å². The topological polar surface area (TPSA) is 72.5 Å². The first-order valence-electron chi connectivity index (χ1n) is 7.87. The number of hydrogen-bond acceptors (Lipinski definition) is 3. The van der Waals surface area contributed by atoms with E-state index in [2.05, 4.69) is 24.3 Å². The van der Waals surface area contributed by atoms with Crippen molar-refractivity contribution < 1.29 is 14.6 Å². The lowest BCUT2D eigenvalue weighted by atomic mass is 10.0. The van der Waals surface area contributed by atoms with Crippen LogP contribution in [-0.2, 0) is 11.2 Å². The first-order valence-corrected chi connectivity index (χ1v) is 7.87. The largest absolute Gasteiger partial charge is 0.494 e. The van der Waals surface area contributed by atoms with Crippen LogP contribution in [0.25, 0.3) is 0 Å². The van der Waals surface area contributed by atoms with E-state index < -0.39 is 11.9 Å². The van der Waals surface area contributed by atoms with Gasteiger partial charge in [-0.3, -0.25) is 4.79 Å². The summed E-state index contributed by atoms with van der Waals surface area (Å²) in [6.45, 7) is 0.672. The number of carbonyl (C=O) groups is 1. The zero-order chi connectivity index (χ0) is 16.5. The van der Waals surface area contributed by atoms with Crippen LogP contribution in [-0.4, -0.2) is 24.2 Å². The maximum atomic E-state index is 10.9. The van der Waals surface area contributed by atoms with Crippen molar-refractivity contribution >= 4 is 5.97 Å². The van der Waals surface area contributed by atoms with Crippen LogP contribution in [0.4, 0.5) is 0 Å². The quantitative estimate of drug-likeness (QED) is 0.698. The average molecular weight is 313 g/mol. The van der Waals surface area contributed by atoms with E-state index in [1.165, 1.54) is 11.1 Å². The molecule has 0 heterocycles. The fourth-order valence-corrected chi connectivity index (χ4v) is 2.40. The van der Waals surface area contributed by atoms with Gasteiger partial charge in [0.25, 0.3) is 0 Å². The fourth-order valence-electron chi connectivity index (χ4n) is 2.40. The number of hydrogen-bond donors (Lipinski definition) is 2. The Morgan fingerprint density at radius 3 is 2.30 bits per heavy atom. The van der Waals surface area contributed by atoms with Crippen molar-refractivity contribution in [1.82, 2.24) is 0 Å². The Morgan fingerprint density at radius 2 is 1.70 bits per heavy atom. The van der Waals surface area contributed by atoms with Gasteiger partial charge >= 0.3 is 5.97 Å². The van der Waals surface area contributed by atoms with Gasteiger partial charge in [0.2, 0.25) is 0 Å². The van der Waals surface area contributed by atoms with Crippen molar-refractivity contribution in [2.45, 2.75) is 19.3 Å². The van der Waals surface area contributed by atoms with Crippen LogP contribution < -0.4 is 10.5 Å². The third-order valence-corrected chi connectivity index (χ3v) is 3.77. The highest BCUT2D eigenvalue weighted by atomic mass is 16.5. The summed E-state index contributed by atoms with van der Waals surface area (Å²) < 4.78 is 5.65. The van der Waals surface area contributed by atoms with Gasteiger partial charge in [-0.05, 0) is 42.5 Å². The van der Waals surface area contributed by atoms with Crippen LogP contribution >= 0.6 is 0 Å². The van der Waals surface area contributed by atoms with E-state index in [-0.39, 0.29) is 6.54 Å². The normalized spacial score (nSPS) is 11.9. The van der Waals surface area contributed by atoms with Crippen LogP contribution in [0.5, 0.6) is 5.75 Å². The Labute approximate surface area is 136 Å². The fraction of sp³-hybridized carbons (Fsp3) is 0.316. The number of nitrogens with two attached hydrogens (primary N) is 1. The lowest BCUT2D eigenvalue weighted by Gasteiger charge is -2.10. The molecule has 0 amide bonds. The van der Waals surface area contributed by atoms with Gasteiger partial charge in [-0.1, -0.05) is 42.5 Å². The Balaban J connectivity index is 1.76. The molecule has 0 aliphatic carbocycles. The van der Waals surface area contributed by atoms with Crippen LogP contribution in [0.2, 0.25) is 0 Å². The molecule has 0 bridgehead atoms. The van der Waals surface area contributed by atoms with E-state index in [0.29, 0.717) is 19.4 Å². The van der Waals surface area contributed by atoms with Gasteiger partial charge in [-0.15, -0.1) is 0 Å². The maximum absolute atomic E-state index is 10.9. The van der Waals surface area contributed by atoms with Crippen LogP contribution in [0, 0.1) is 5.92 Å². The Hall–Kier alpha value is -2.33. The molecule has 1 atom stereocenters. The molecular weight excluding hydrogens is 290 g/mol. The maximum Gasteiger partial charge on any atom is 0.307 e. The summed E-state index contributed by atoms with van der Waals surface area (Å²) in [6, 6.07) is 18.3. The monoisotopic (exact) mass is 313 g/mol. The second kappa shape index (κ2) is 8.96. The lowest BCUT2D eigenvalue weighted by molar-refractivity contribution is -0.141. The number of carboxylic acids is 1. The summed E-state index contributed by atoms with van der Waals surface area (Å²) in [5, 5.41) is 8.92. The first-order chi connectivity index (χ1) is 11.2. The molecule has 4 nitrogen and oxygen atoms in total. The lowest BCUT2D eigenvalue weighted by Crippen LogP contribution is -2.23. The highest BCUT2D eigenvalue weighted by Gasteiger charge is 2.14. The SMILES string of the molecule is NCC(CCCOc1ccc(Cc2ccccc2)cc1)C(=O)O. The molecule has 3 N–H and O–H groups in total. The molecule has 0 spiro atoms. The van der Waals surface area contributed by atoms with Gasteiger partial charge < -0.3 is 15.6 Å². The van der Waals surface area contributed by atoms with Crippen molar-refractivity contribution in [2.75, 3.05) is 13.2 Å². The molecule has 4 heteroatoms. The van der Waals surface area contributed by atoms with Gasteiger partial charge in [0.1, 0.15) is 5.75 Å². The van der Waals surface area contributed by atoms with Crippen molar-refractivity contribution in [1.29, 1.82) is 0 Å². The second-order valence-corrected chi connectivity index (χ2v) is 5.57. The molecule has 2 rings (SSSR count). The Kier molecular flexibility index (Phi) is 6.63. The van der Waals surface area contributed by atoms with E-state index in [0.717, 1.165) is 12.2 Å². The van der Waals surface area contributed by atoms with Crippen LogP contribution in [0.15, 0.2) is 54.6 Å². The molecule has 0 aliphatic heterocycles. The minimum Gasteiger partial charge on any atom is -0.494 e. The molecule has 0 radical (unpaired) electrons. The van der Waals surface area contributed by atoms with E-state index in [4.69, 9.17) is 15.6 Å². The molecule has 0 saturated heterocycles. The van der Waals surface area contributed by atoms with E-state index >= 15 is 0 Å².